The van der Waals surface area contributed by atoms with Crippen LogP contribution in [-0.2, 0) is 14.3 Å². The van der Waals surface area contributed by atoms with Gasteiger partial charge in [0.25, 0.3) is 0 Å². The largest absolute Gasteiger partial charge is 0.462 e. The van der Waals surface area contributed by atoms with Gasteiger partial charge in [-0.3, -0.25) is 0 Å². The molecule has 0 saturated carbocycles. The van der Waals surface area contributed by atoms with Crippen LogP contribution in [0.4, 0.5) is 0 Å². The van der Waals surface area contributed by atoms with Crippen LogP contribution in [-0.4, -0.2) is 11.9 Å². The molecule has 0 radical (unpaired) electrons. The van der Waals surface area contributed by atoms with Gasteiger partial charge in [-0.1, -0.05) is 61.7 Å². The fraction of sp³-hybridized carbons (Fsp3) is 0.0714. The van der Waals surface area contributed by atoms with Gasteiger partial charge in [-0.15, -0.1) is 0 Å². The number of ether oxygens (including phenoxy) is 3. The molecular formula is C28H24O5. The third kappa shape index (κ3) is 6.55. The molecule has 3 aromatic carbocycles. The molecule has 0 amide bonds. The molecule has 3 rings (SSSR count). The van der Waals surface area contributed by atoms with Crippen LogP contribution < -0.4 is 9.47 Å². The van der Waals surface area contributed by atoms with Crippen LogP contribution in [0.1, 0.15) is 13.8 Å². The Morgan fingerprint density at radius 1 is 0.606 bits per heavy atom. The fourth-order valence-corrected chi connectivity index (χ4v) is 2.79. The molecule has 5 heteroatoms. The smallest absolute Gasteiger partial charge is 0.338 e. The minimum atomic E-state index is -0.504. The van der Waals surface area contributed by atoms with E-state index in [-0.39, 0.29) is 0 Å². The predicted molar refractivity (Wildman–Crippen MR) is 128 cm³/mol. The zero-order valence-electron chi connectivity index (χ0n) is 18.5. The van der Waals surface area contributed by atoms with E-state index in [1.165, 1.54) is 12.5 Å². The van der Waals surface area contributed by atoms with Crippen molar-refractivity contribution in [3.05, 3.63) is 110 Å². The summed E-state index contributed by atoms with van der Waals surface area (Å²) in [5.41, 5.74) is 4.83. The maximum Gasteiger partial charge on any atom is 0.338 e. The molecule has 0 saturated heterocycles. The van der Waals surface area contributed by atoms with E-state index in [1.807, 2.05) is 60.7 Å². The van der Waals surface area contributed by atoms with E-state index < -0.39 is 11.9 Å². The van der Waals surface area contributed by atoms with Crippen molar-refractivity contribution in [1.29, 1.82) is 0 Å². The van der Waals surface area contributed by atoms with Crippen molar-refractivity contribution in [3.63, 3.8) is 0 Å². The first-order chi connectivity index (χ1) is 15.8. The second kappa shape index (κ2) is 10.8. The minimum absolute atomic E-state index is 0.316. The molecule has 33 heavy (non-hydrogen) atoms. The monoisotopic (exact) mass is 440 g/mol. The van der Waals surface area contributed by atoms with Gasteiger partial charge >= 0.3 is 11.9 Å². The van der Waals surface area contributed by atoms with Gasteiger partial charge in [0.05, 0.1) is 0 Å². The quantitative estimate of drug-likeness (QED) is 0.174. The summed E-state index contributed by atoms with van der Waals surface area (Å²) in [5.74, 6) is 0.154. The first-order valence-corrected chi connectivity index (χ1v) is 10.2. The van der Waals surface area contributed by atoms with Crippen molar-refractivity contribution in [2.24, 2.45) is 0 Å². The van der Waals surface area contributed by atoms with Gasteiger partial charge in [-0.2, -0.15) is 0 Å². The summed E-state index contributed by atoms with van der Waals surface area (Å²) in [6.07, 6.45) is 2.48. The number of benzene rings is 3. The molecule has 166 valence electrons. The molecule has 0 fully saturated rings. The first-order valence-electron chi connectivity index (χ1n) is 10.2. The lowest BCUT2D eigenvalue weighted by Crippen LogP contribution is -2.07. The molecule has 0 spiro atoms. The molecule has 5 nitrogen and oxygen atoms in total. The number of esters is 2. The molecule has 0 unspecified atom stereocenters. The average molecular weight is 440 g/mol. The van der Waals surface area contributed by atoms with Gasteiger partial charge < -0.3 is 14.2 Å². The molecule has 0 aliphatic rings. The fourth-order valence-electron chi connectivity index (χ4n) is 2.79. The topological polar surface area (TPSA) is 61.8 Å². The Morgan fingerprint density at radius 2 is 1.00 bits per heavy atom. The summed E-state index contributed by atoms with van der Waals surface area (Å²) < 4.78 is 15.5. The summed E-state index contributed by atoms with van der Waals surface area (Å²) in [6, 6.07) is 23.0. The van der Waals surface area contributed by atoms with Gasteiger partial charge in [-0.05, 0) is 60.4 Å². The van der Waals surface area contributed by atoms with Crippen LogP contribution in [0.5, 0.6) is 11.5 Å². The lowest BCUT2D eigenvalue weighted by atomic mass is 10.0. The first kappa shape index (κ1) is 23.3. The summed E-state index contributed by atoms with van der Waals surface area (Å²) in [4.78, 5) is 22.9. The number of hydrogen-bond acceptors (Lipinski definition) is 5. The van der Waals surface area contributed by atoms with Crippen LogP contribution in [0.25, 0.3) is 22.3 Å². The summed E-state index contributed by atoms with van der Waals surface area (Å²) in [7, 11) is 0. The molecule has 0 heterocycles. The summed E-state index contributed by atoms with van der Waals surface area (Å²) >= 11 is 0. The lowest BCUT2D eigenvalue weighted by Gasteiger charge is -2.08. The van der Waals surface area contributed by atoms with Crippen molar-refractivity contribution in [2.45, 2.75) is 13.8 Å². The third-order valence-corrected chi connectivity index (χ3v) is 4.60. The standard InChI is InChI=1S/C28H24O5/c1-19(2)27(29)32-18-17-31-25-13-9-23(10-14-25)21-5-7-22(8-6-21)24-11-15-26(16-12-24)33-28(30)20(3)4/h5-18H,1,3H2,2,4H3/b18-17-. The summed E-state index contributed by atoms with van der Waals surface area (Å²) in [6.45, 7) is 10.3. The van der Waals surface area contributed by atoms with Gasteiger partial charge in [0.15, 0.2) is 0 Å². The highest BCUT2D eigenvalue weighted by Gasteiger charge is 2.06. The van der Waals surface area contributed by atoms with Crippen molar-refractivity contribution in [1.82, 2.24) is 0 Å². The van der Waals surface area contributed by atoms with E-state index >= 15 is 0 Å². The highest BCUT2D eigenvalue weighted by atomic mass is 16.5. The van der Waals surface area contributed by atoms with Crippen molar-refractivity contribution in [3.8, 4) is 33.8 Å². The number of rotatable bonds is 8. The number of hydrogen-bond donors (Lipinski definition) is 0. The Bertz CT molecular complexity index is 1180. The average Bonchev–Trinajstić information content (AvgIpc) is 2.82. The van der Waals surface area contributed by atoms with Gasteiger partial charge in [0, 0.05) is 11.1 Å². The van der Waals surface area contributed by atoms with Crippen LogP contribution in [0.3, 0.4) is 0 Å². The predicted octanol–water partition coefficient (Wildman–Crippen LogP) is 6.47. The van der Waals surface area contributed by atoms with Gasteiger partial charge in [0.2, 0.25) is 0 Å². The van der Waals surface area contributed by atoms with Crippen LogP contribution in [0.2, 0.25) is 0 Å². The Morgan fingerprint density at radius 3 is 1.42 bits per heavy atom. The second-order valence-corrected chi connectivity index (χ2v) is 7.37. The Labute approximate surface area is 193 Å². The van der Waals surface area contributed by atoms with Crippen LogP contribution in [0.15, 0.2) is 110 Å². The third-order valence-electron chi connectivity index (χ3n) is 4.60. The van der Waals surface area contributed by atoms with Gasteiger partial charge in [-0.25, -0.2) is 9.59 Å². The Hall–Kier alpha value is -4.38. The summed E-state index contributed by atoms with van der Waals surface area (Å²) in [5, 5.41) is 0. The van der Waals surface area contributed by atoms with E-state index in [2.05, 4.69) is 13.2 Å². The molecule has 0 aromatic heterocycles. The normalized spacial score (nSPS) is 10.5. The van der Waals surface area contributed by atoms with E-state index in [9.17, 15) is 9.59 Å². The van der Waals surface area contributed by atoms with E-state index in [1.54, 1.807) is 26.0 Å². The maximum atomic E-state index is 11.6. The van der Waals surface area contributed by atoms with Crippen molar-refractivity contribution >= 4 is 11.9 Å². The van der Waals surface area contributed by atoms with Crippen molar-refractivity contribution in [2.75, 3.05) is 0 Å². The number of carbonyl (C=O) groups excluding carboxylic acids is 2. The van der Waals surface area contributed by atoms with Gasteiger partial charge in [0.1, 0.15) is 24.0 Å². The minimum Gasteiger partial charge on any atom is -0.462 e. The second-order valence-electron chi connectivity index (χ2n) is 7.37. The van der Waals surface area contributed by atoms with E-state index in [0.29, 0.717) is 22.6 Å². The van der Waals surface area contributed by atoms with Crippen LogP contribution >= 0.6 is 0 Å². The Balaban J connectivity index is 1.61. The maximum absolute atomic E-state index is 11.6. The molecule has 0 atom stereocenters. The zero-order valence-corrected chi connectivity index (χ0v) is 18.5. The van der Waals surface area contributed by atoms with E-state index in [0.717, 1.165) is 22.3 Å². The molecule has 0 N–H and O–H groups in total. The zero-order chi connectivity index (χ0) is 23.8. The van der Waals surface area contributed by atoms with E-state index in [4.69, 9.17) is 14.2 Å². The number of carbonyl (C=O) groups is 2. The molecule has 0 aliphatic heterocycles. The molecule has 3 aromatic rings. The lowest BCUT2D eigenvalue weighted by molar-refractivity contribution is -0.133. The molecule has 0 aliphatic carbocycles. The van der Waals surface area contributed by atoms with Crippen molar-refractivity contribution < 1.29 is 23.8 Å². The Kier molecular flexibility index (Phi) is 7.60. The highest BCUT2D eigenvalue weighted by molar-refractivity contribution is 5.89. The van der Waals surface area contributed by atoms with Crippen LogP contribution in [0, 0.1) is 0 Å². The molecular weight excluding hydrogens is 416 g/mol. The molecule has 0 bridgehead atoms. The SMILES string of the molecule is C=C(C)C(=O)O/C=C\Oc1ccc(-c2ccc(-c3ccc(OC(=O)C(=C)C)cc3)cc2)cc1. The highest BCUT2D eigenvalue weighted by Crippen LogP contribution is 2.27.